The lowest BCUT2D eigenvalue weighted by molar-refractivity contribution is -0.144. The molecular weight excluding hydrogens is 498 g/mol. The highest BCUT2D eigenvalue weighted by Gasteiger charge is 2.31. The second kappa shape index (κ2) is 14.1. The van der Waals surface area contributed by atoms with Crippen molar-refractivity contribution >= 4 is 17.8 Å². The van der Waals surface area contributed by atoms with Gasteiger partial charge in [-0.1, -0.05) is 36.4 Å². The van der Waals surface area contributed by atoms with Crippen molar-refractivity contribution in [3.05, 3.63) is 65.2 Å². The number of hydrogen-bond donors (Lipinski definition) is 5. The van der Waals surface area contributed by atoms with Gasteiger partial charge in [0.2, 0.25) is 5.91 Å². The molecule has 2 aliphatic heterocycles. The maximum atomic E-state index is 12.5. The molecule has 0 radical (unpaired) electrons. The average molecular weight is 538 g/mol. The number of carboxylic acids is 2. The Labute approximate surface area is 229 Å². The number of aliphatic carboxylic acids is 2. The van der Waals surface area contributed by atoms with Crippen LogP contribution in [0, 0.1) is 23.7 Å². The number of amides is 1. The fraction of sp³-hybridized carbons (Fsp3) is 0.500. The van der Waals surface area contributed by atoms with Crippen LogP contribution in [-0.2, 0) is 33.6 Å². The molecule has 2 aliphatic rings. The van der Waals surface area contributed by atoms with E-state index in [0.29, 0.717) is 31.7 Å². The van der Waals surface area contributed by atoms with E-state index < -0.39 is 23.8 Å². The van der Waals surface area contributed by atoms with Gasteiger partial charge in [-0.25, -0.2) is 0 Å². The van der Waals surface area contributed by atoms with Crippen molar-refractivity contribution in [3.63, 3.8) is 0 Å². The van der Waals surface area contributed by atoms with Crippen molar-refractivity contribution < 1.29 is 29.3 Å². The first-order chi connectivity index (χ1) is 18.9. The van der Waals surface area contributed by atoms with Crippen LogP contribution < -0.4 is 20.7 Å². The summed E-state index contributed by atoms with van der Waals surface area (Å²) in [5.74, 6) is -1.63. The maximum Gasteiger partial charge on any atom is 0.307 e. The predicted molar refractivity (Wildman–Crippen MR) is 147 cm³/mol. The molecule has 1 amide bonds. The molecule has 2 fully saturated rings. The van der Waals surface area contributed by atoms with Gasteiger partial charge in [0.15, 0.2) is 0 Å². The first-order valence-electron chi connectivity index (χ1n) is 13.8. The topological polar surface area (TPSA) is 137 Å². The van der Waals surface area contributed by atoms with Gasteiger partial charge in [0.05, 0.1) is 24.8 Å². The summed E-state index contributed by atoms with van der Waals surface area (Å²) in [6.45, 7) is 3.81. The summed E-state index contributed by atoms with van der Waals surface area (Å²) in [5.41, 5.74) is 2.69. The number of hydrogen-bond acceptors (Lipinski definition) is 6. The molecule has 0 aromatic heterocycles. The molecule has 5 N–H and O–H groups in total. The molecule has 210 valence electrons. The van der Waals surface area contributed by atoms with E-state index in [1.807, 2.05) is 48.5 Å². The Kier molecular flexibility index (Phi) is 10.3. The van der Waals surface area contributed by atoms with Crippen LogP contribution in [0.3, 0.4) is 0 Å². The Morgan fingerprint density at radius 2 is 1.41 bits per heavy atom. The first kappa shape index (κ1) is 28.6. The number of carbonyl (C=O) groups excluding carboxylic acids is 1. The van der Waals surface area contributed by atoms with E-state index in [0.717, 1.165) is 55.7 Å². The van der Waals surface area contributed by atoms with Crippen LogP contribution in [0.2, 0.25) is 0 Å². The number of carboxylic acid groups (broad SMARTS) is 2. The predicted octanol–water partition coefficient (Wildman–Crippen LogP) is 2.13. The second-order valence-electron chi connectivity index (χ2n) is 10.6. The zero-order valence-corrected chi connectivity index (χ0v) is 22.2. The van der Waals surface area contributed by atoms with Gasteiger partial charge in [-0.05, 0) is 92.5 Å². The van der Waals surface area contributed by atoms with Gasteiger partial charge in [-0.2, -0.15) is 0 Å². The first-order valence-corrected chi connectivity index (χ1v) is 13.8. The molecule has 2 heterocycles. The third kappa shape index (κ3) is 8.53. The normalized spacial score (nSPS) is 20.3. The number of nitrogens with one attached hydrogen (secondary N) is 3. The largest absolute Gasteiger partial charge is 0.492 e. The van der Waals surface area contributed by atoms with Gasteiger partial charge in [0.1, 0.15) is 12.4 Å². The summed E-state index contributed by atoms with van der Waals surface area (Å²) in [6.07, 6.45) is 2.86. The molecule has 2 aromatic rings. The fourth-order valence-electron chi connectivity index (χ4n) is 5.70. The molecule has 2 aromatic carbocycles. The van der Waals surface area contributed by atoms with Crippen LogP contribution in [0.4, 0.5) is 0 Å². The smallest absolute Gasteiger partial charge is 0.307 e. The van der Waals surface area contributed by atoms with E-state index in [9.17, 15) is 24.6 Å². The molecule has 0 bridgehead atoms. The van der Waals surface area contributed by atoms with Crippen molar-refractivity contribution in [1.29, 1.82) is 0 Å². The van der Waals surface area contributed by atoms with E-state index >= 15 is 0 Å². The van der Waals surface area contributed by atoms with Crippen molar-refractivity contribution in [3.8, 4) is 5.75 Å². The molecule has 4 unspecified atom stereocenters. The molecule has 4 rings (SSSR count). The summed E-state index contributed by atoms with van der Waals surface area (Å²) in [7, 11) is 0. The van der Waals surface area contributed by atoms with Crippen LogP contribution in [0.1, 0.15) is 29.5 Å². The van der Waals surface area contributed by atoms with Gasteiger partial charge in [-0.15, -0.1) is 0 Å². The van der Waals surface area contributed by atoms with Gasteiger partial charge >= 0.3 is 11.9 Å². The zero-order valence-electron chi connectivity index (χ0n) is 22.2. The minimum Gasteiger partial charge on any atom is -0.492 e. The van der Waals surface area contributed by atoms with Gasteiger partial charge in [-0.3, -0.25) is 14.4 Å². The van der Waals surface area contributed by atoms with Crippen LogP contribution in [0.15, 0.2) is 48.5 Å². The third-order valence-electron chi connectivity index (χ3n) is 7.83. The summed E-state index contributed by atoms with van der Waals surface area (Å²) >= 11 is 0. The van der Waals surface area contributed by atoms with Crippen molar-refractivity contribution in [2.75, 3.05) is 39.3 Å². The molecular formula is C30H39N3O6. The van der Waals surface area contributed by atoms with Gasteiger partial charge in [0, 0.05) is 0 Å². The standard InChI is InChI=1S/C30H39N3O6/c34-28(17-21-4-1-3-20(13-21)15-26(29(35)36)23-7-9-31-18-23)33-11-12-39-25-6-2-5-22(14-25)16-27(30(37)38)24-8-10-32-19-24/h1-6,13-14,23-24,26-27,31-32H,7-12,15-19H2,(H,33,34)(H,35,36)(H,37,38). The number of carbonyl (C=O) groups is 3. The Morgan fingerprint density at radius 1 is 0.846 bits per heavy atom. The molecule has 9 heteroatoms. The highest BCUT2D eigenvalue weighted by atomic mass is 16.5. The van der Waals surface area contributed by atoms with E-state index in [-0.39, 0.29) is 24.2 Å². The lowest BCUT2D eigenvalue weighted by atomic mass is 9.86. The monoisotopic (exact) mass is 537 g/mol. The summed E-state index contributed by atoms with van der Waals surface area (Å²) in [4.78, 5) is 36.1. The molecule has 4 atom stereocenters. The second-order valence-corrected chi connectivity index (χ2v) is 10.6. The third-order valence-corrected chi connectivity index (χ3v) is 7.83. The van der Waals surface area contributed by atoms with E-state index in [2.05, 4.69) is 16.0 Å². The lowest BCUT2D eigenvalue weighted by Crippen LogP contribution is -2.29. The van der Waals surface area contributed by atoms with Crippen LogP contribution >= 0.6 is 0 Å². The van der Waals surface area contributed by atoms with Crippen LogP contribution in [0.25, 0.3) is 0 Å². The highest BCUT2D eigenvalue weighted by molar-refractivity contribution is 5.78. The molecule has 0 spiro atoms. The zero-order chi connectivity index (χ0) is 27.6. The lowest BCUT2D eigenvalue weighted by Gasteiger charge is -2.19. The molecule has 0 saturated carbocycles. The molecule has 0 aliphatic carbocycles. The Balaban J connectivity index is 1.22. The van der Waals surface area contributed by atoms with Gasteiger partial charge < -0.3 is 30.9 Å². The number of ether oxygens (including phenoxy) is 1. The fourth-order valence-corrected chi connectivity index (χ4v) is 5.70. The molecule has 9 nitrogen and oxygen atoms in total. The van der Waals surface area contributed by atoms with E-state index in [1.54, 1.807) is 0 Å². The summed E-state index contributed by atoms with van der Waals surface area (Å²) in [5, 5.41) is 28.7. The van der Waals surface area contributed by atoms with Gasteiger partial charge in [0.25, 0.3) is 0 Å². The van der Waals surface area contributed by atoms with E-state index in [1.165, 1.54) is 0 Å². The molecule has 39 heavy (non-hydrogen) atoms. The minimum absolute atomic E-state index is 0.123. The van der Waals surface area contributed by atoms with Crippen LogP contribution in [0.5, 0.6) is 5.75 Å². The number of rotatable bonds is 14. The SMILES string of the molecule is O=C(Cc1cccc(CC(C(=O)O)C2CCNC2)c1)NCCOc1cccc(CC(C(=O)O)C2CCNC2)c1. The average Bonchev–Trinajstić information content (AvgIpc) is 3.64. The number of benzene rings is 2. The quantitative estimate of drug-likeness (QED) is 0.231. The van der Waals surface area contributed by atoms with E-state index in [4.69, 9.17) is 4.74 Å². The Bertz CT molecular complexity index is 1130. The van der Waals surface area contributed by atoms with Crippen LogP contribution in [-0.4, -0.2) is 67.4 Å². The minimum atomic E-state index is -0.773. The summed E-state index contributed by atoms with van der Waals surface area (Å²) in [6, 6.07) is 15.1. The van der Waals surface area contributed by atoms with Crippen molar-refractivity contribution in [2.45, 2.75) is 32.1 Å². The summed E-state index contributed by atoms with van der Waals surface area (Å²) < 4.78 is 5.81. The Hall–Kier alpha value is -3.43. The van der Waals surface area contributed by atoms with Crippen molar-refractivity contribution in [1.82, 2.24) is 16.0 Å². The highest BCUT2D eigenvalue weighted by Crippen LogP contribution is 2.26. The maximum absolute atomic E-state index is 12.5. The van der Waals surface area contributed by atoms with Crippen molar-refractivity contribution in [2.24, 2.45) is 23.7 Å². The molecule has 2 saturated heterocycles. The Morgan fingerprint density at radius 3 is 1.97 bits per heavy atom.